The number of ether oxygens (including phenoxy) is 1. The predicted molar refractivity (Wildman–Crippen MR) is 81.4 cm³/mol. The van der Waals surface area contributed by atoms with Crippen LogP contribution in [0.4, 0.5) is 0 Å². The highest BCUT2D eigenvalue weighted by atomic mass is 16.5. The first kappa shape index (κ1) is 14.1. The Kier molecular flexibility index (Phi) is 3.72. The topological polar surface area (TPSA) is 51.5 Å². The van der Waals surface area contributed by atoms with Crippen LogP contribution in [-0.4, -0.2) is 21.7 Å². The predicted octanol–water partition coefficient (Wildman–Crippen LogP) is 3.12. The van der Waals surface area contributed by atoms with Crippen molar-refractivity contribution >= 4 is 16.9 Å². The van der Waals surface area contributed by atoms with Gasteiger partial charge in [0.1, 0.15) is 0 Å². The summed E-state index contributed by atoms with van der Waals surface area (Å²) in [5, 5.41) is 10.6. The van der Waals surface area contributed by atoms with Gasteiger partial charge in [-0.1, -0.05) is 6.07 Å². The van der Waals surface area contributed by atoms with Crippen molar-refractivity contribution in [3.63, 3.8) is 0 Å². The minimum atomic E-state index is -0.298. The number of aromatic nitrogens is 1. The number of aryl methyl sites for hydroxylation is 1. The maximum absolute atomic E-state index is 11.2. The molecule has 0 amide bonds. The van der Waals surface area contributed by atoms with Crippen LogP contribution in [0.2, 0.25) is 0 Å². The third kappa shape index (κ3) is 2.81. The average molecular weight is 287 g/mol. The lowest BCUT2D eigenvalue weighted by molar-refractivity contribution is -0.131. The van der Waals surface area contributed by atoms with Gasteiger partial charge in [-0.3, -0.25) is 4.79 Å². The molecule has 0 saturated heterocycles. The van der Waals surface area contributed by atoms with Crippen molar-refractivity contribution in [2.24, 2.45) is 7.05 Å². The smallest absolute Gasteiger partial charge is 0.308 e. The molecule has 2 aromatic rings. The maximum atomic E-state index is 11.2. The summed E-state index contributed by atoms with van der Waals surface area (Å²) in [5.41, 5.74) is 2.39. The van der Waals surface area contributed by atoms with Crippen LogP contribution in [0, 0.1) is 0 Å². The Morgan fingerprint density at radius 2 is 2.00 bits per heavy atom. The van der Waals surface area contributed by atoms with Crippen molar-refractivity contribution in [1.29, 1.82) is 0 Å². The number of carbonyl (C=O) groups excluding carboxylic acids is 1. The third-order valence-corrected chi connectivity index (χ3v) is 4.40. The molecule has 21 heavy (non-hydrogen) atoms. The summed E-state index contributed by atoms with van der Waals surface area (Å²) in [7, 11) is 1.96. The largest absolute Gasteiger partial charge is 0.424 e. The van der Waals surface area contributed by atoms with Gasteiger partial charge in [0, 0.05) is 25.6 Å². The number of nitrogens with zero attached hydrogens (tertiary/aromatic N) is 1. The molecule has 3 rings (SSSR count). The molecule has 1 fully saturated rings. The summed E-state index contributed by atoms with van der Waals surface area (Å²) >= 11 is 0. The van der Waals surface area contributed by atoms with Crippen LogP contribution in [0.15, 0.2) is 24.4 Å². The van der Waals surface area contributed by atoms with Crippen molar-refractivity contribution in [3.05, 3.63) is 30.0 Å². The van der Waals surface area contributed by atoms with E-state index in [2.05, 4.69) is 12.1 Å². The van der Waals surface area contributed by atoms with E-state index in [9.17, 15) is 9.90 Å². The molecular weight excluding hydrogens is 266 g/mol. The Labute approximate surface area is 124 Å². The fourth-order valence-corrected chi connectivity index (χ4v) is 3.26. The second-order valence-electron chi connectivity index (χ2n) is 5.98. The van der Waals surface area contributed by atoms with Gasteiger partial charge in [0.05, 0.1) is 11.6 Å². The first-order valence-electron chi connectivity index (χ1n) is 7.50. The molecule has 1 aromatic carbocycles. The van der Waals surface area contributed by atoms with Crippen LogP contribution in [0.25, 0.3) is 10.9 Å². The van der Waals surface area contributed by atoms with Gasteiger partial charge < -0.3 is 14.4 Å². The van der Waals surface area contributed by atoms with E-state index in [1.165, 1.54) is 12.5 Å². The van der Waals surface area contributed by atoms with Gasteiger partial charge in [-0.05, 0) is 49.3 Å². The molecule has 0 aliphatic heterocycles. The van der Waals surface area contributed by atoms with Crippen molar-refractivity contribution in [1.82, 2.24) is 4.57 Å². The number of hydrogen-bond donors (Lipinski definition) is 1. The summed E-state index contributed by atoms with van der Waals surface area (Å²) in [4.78, 5) is 11.2. The Balaban J connectivity index is 1.93. The second-order valence-corrected chi connectivity index (χ2v) is 5.98. The molecular formula is C17H21NO3. The van der Waals surface area contributed by atoms with Gasteiger partial charge in [-0.2, -0.15) is 0 Å². The number of aliphatic hydroxyl groups is 1. The number of rotatable bonds is 2. The Hall–Kier alpha value is -1.81. The highest BCUT2D eigenvalue weighted by Crippen LogP contribution is 2.36. The second kappa shape index (κ2) is 5.53. The molecule has 1 saturated carbocycles. The zero-order chi connectivity index (χ0) is 15.0. The van der Waals surface area contributed by atoms with Gasteiger partial charge in [-0.25, -0.2) is 0 Å². The summed E-state index contributed by atoms with van der Waals surface area (Å²) in [6.07, 6.45) is 5.56. The van der Waals surface area contributed by atoms with Crippen LogP contribution in [0.5, 0.6) is 5.75 Å². The standard InChI is InChI=1S/C17H21NO3/c1-11(19)21-17-10-18(2)16-9-13(5-8-15(16)17)12-3-6-14(20)7-4-12/h5,8-10,12,14,20H,3-4,6-7H2,1-2H3. The molecule has 1 aliphatic rings. The highest BCUT2D eigenvalue weighted by molar-refractivity contribution is 5.89. The number of carbonyl (C=O) groups is 1. The summed E-state index contributed by atoms with van der Waals surface area (Å²) in [5.74, 6) is 0.836. The van der Waals surface area contributed by atoms with Gasteiger partial charge in [0.2, 0.25) is 0 Å². The normalized spacial score (nSPS) is 22.4. The van der Waals surface area contributed by atoms with Crippen LogP contribution in [0.3, 0.4) is 0 Å². The van der Waals surface area contributed by atoms with Gasteiger partial charge >= 0.3 is 5.97 Å². The van der Waals surface area contributed by atoms with Crippen molar-refractivity contribution in [2.45, 2.75) is 44.6 Å². The number of aliphatic hydroxyl groups excluding tert-OH is 1. The molecule has 0 radical (unpaired) electrons. The van der Waals surface area contributed by atoms with Gasteiger partial charge in [-0.15, -0.1) is 0 Å². The molecule has 0 atom stereocenters. The van der Waals surface area contributed by atoms with E-state index in [4.69, 9.17) is 4.74 Å². The van der Waals surface area contributed by atoms with Crippen LogP contribution < -0.4 is 4.74 Å². The molecule has 1 aliphatic carbocycles. The van der Waals surface area contributed by atoms with Gasteiger partial charge in [0.15, 0.2) is 5.75 Å². The van der Waals surface area contributed by atoms with E-state index < -0.39 is 0 Å². The monoisotopic (exact) mass is 287 g/mol. The molecule has 0 unspecified atom stereocenters. The number of hydrogen-bond acceptors (Lipinski definition) is 3. The molecule has 0 bridgehead atoms. The van der Waals surface area contributed by atoms with Crippen molar-refractivity contribution in [2.75, 3.05) is 0 Å². The number of fused-ring (bicyclic) bond motifs is 1. The van der Waals surface area contributed by atoms with Crippen molar-refractivity contribution in [3.8, 4) is 5.75 Å². The van der Waals surface area contributed by atoms with Crippen LogP contribution >= 0.6 is 0 Å². The summed E-state index contributed by atoms with van der Waals surface area (Å²) < 4.78 is 7.25. The van der Waals surface area contributed by atoms with Crippen LogP contribution in [0.1, 0.15) is 44.1 Å². The fourth-order valence-electron chi connectivity index (χ4n) is 3.26. The van der Waals surface area contributed by atoms with E-state index in [0.717, 1.165) is 36.6 Å². The summed E-state index contributed by atoms with van der Waals surface area (Å²) in [6.45, 7) is 1.42. The lowest BCUT2D eigenvalue weighted by Crippen LogP contribution is -2.16. The quantitative estimate of drug-likeness (QED) is 0.863. The molecule has 1 heterocycles. The number of benzene rings is 1. The van der Waals surface area contributed by atoms with Crippen molar-refractivity contribution < 1.29 is 14.6 Å². The Morgan fingerprint density at radius 1 is 1.29 bits per heavy atom. The molecule has 112 valence electrons. The molecule has 4 heteroatoms. The van der Waals surface area contributed by atoms with E-state index in [1.54, 1.807) is 0 Å². The average Bonchev–Trinajstić information content (AvgIpc) is 2.75. The van der Waals surface area contributed by atoms with E-state index in [1.807, 2.05) is 23.9 Å². The fraction of sp³-hybridized carbons (Fsp3) is 0.471. The lowest BCUT2D eigenvalue weighted by atomic mass is 9.82. The van der Waals surface area contributed by atoms with E-state index >= 15 is 0 Å². The Morgan fingerprint density at radius 3 is 2.67 bits per heavy atom. The first-order valence-corrected chi connectivity index (χ1v) is 7.50. The molecule has 0 spiro atoms. The van der Waals surface area contributed by atoms with E-state index in [0.29, 0.717) is 11.7 Å². The molecule has 4 nitrogen and oxygen atoms in total. The minimum absolute atomic E-state index is 0.129. The van der Waals surface area contributed by atoms with Gasteiger partial charge in [0.25, 0.3) is 0 Å². The third-order valence-electron chi connectivity index (χ3n) is 4.40. The minimum Gasteiger partial charge on any atom is -0.424 e. The first-order chi connectivity index (χ1) is 10.0. The van der Waals surface area contributed by atoms with E-state index in [-0.39, 0.29) is 12.1 Å². The zero-order valence-corrected chi connectivity index (χ0v) is 12.5. The van der Waals surface area contributed by atoms with Crippen LogP contribution in [-0.2, 0) is 11.8 Å². The number of esters is 1. The lowest BCUT2D eigenvalue weighted by Gasteiger charge is -2.25. The highest BCUT2D eigenvalue weighted by Gasteiger charge is 2.21. The summed E-state index contributed by atoms with van der Waals surface area (Å²) in [6, 6.07) is 6.34. The zero-order valence-electron chi connectivity index (χ0n) is 12.5. The SMILES string of the molecule is CC(=O)Oc1cn(C)c2cc(C3CCC(O)CC3)ccc12. The molecule has 1 aromatic heterocycles. The molecule has 1 N–H and O–H groups in total. The maximum Gasteiger partial charge on any atom is 0.308 e. The Bertz CT molecular complexity index is 666.